The Morgan fingerprint density at radius 2 is 1.67 bits per heavy atom. The predicted molar refractivity (Wildman–Crippen MR) is 127 cm³/mol. The molecule has 2 aromatic carbocycles. The van der Waals surface area contributed by atoms with Gasteiger partial charge in [-0.25, -0.2) is 16.8 Å². The van der Waals surface area contributed by atoms with Crippen LogP contribution in [-0.4, -0.2) is 41.2 Å². The topological polar surface area (TPSA) is 107 Å². The third-order valence-electron chi connectivity index (χ3n) is 5.66. The molecule has 0 saturated heterocycles. The number of aryl methyl sites for hydroxylation is 1. The molecule has 7 nitrogen and oxygen atoms in total. The van der Waals surface area contributed by atoms with Gasteiger partial charge in [-0.15, -0.1) is 0 Å². The number of allylic oxidation sites excluding steroid dienone is 1. The van der Waals surface area contributed by atoms with E-state index in [2.05, 4.69) is 4.72 Å². The molecule has 0 aliphatic heterocycles. The van der Waals surface area contributed by atoms with Crippen molar-refractivity contribution >= 4 is 25.8 Å². The van der Waals surface area contributed by atoms with Crippen molar-refractivity contribution in [2.24, 2.45) is 5.41 Å². The molecule has 0 unspecified atom stereocenters. The van der Waals surface area contributed by atoms with E-state index in [-0.39, 0.29) is 16.2 Å². The Kier molecular flexibility index (Phi) is 7.16. The van der Waals surface area contributed by atoms with Crippen LogP contribution < -0.4 is 4.72 Å². The number of sulfonamides is 1. The molecule has 1 aliphatic carbocycles. The second-order valence-electron chi connectivity index (χ2n) is 9.06. The highest BCUT2D eigenvalue weighted by Crippen LogP contribution is 2.41. The average molecular weight is 492 g/mol. The van der Waals surface area contributed by atoms with Crippen LogP contribution in [0.1, 0.15) is 31.4 Å². The molecule has 0 radical (unpaired) electrons. The van der Waals surface area contributed by atoms with Crippen molar-refractivity contribution in [2.75, 3.05) is 6.26 Å². The molecule has 0 heterocycles. The lowest BCUT2D eigenvalue weighted by Crippen LogP contribution is -2.46. The van der Waals surface area contributed by atoms with Gasteiger partial charge in [0.2, 0.25) is 10.0 Å². The normalized spacial score (nSPS) is 19.0. The van der Waals surface area contributed by atoms with Gasteiger partial charge in [-0.3, -0.25) is 4.79 Å². The van der Waals surface area contributed by atoms with Crippen molar-refractivity contribution in [1.29, 1.82) is 0 Å². The van der Waals surface area contributed by atoms with Crippen molar-refractivity contribution in [3.05, 3.63) is 76.7 Å². The molecule has 0 spiro atoms. The summed E-state index contributed by atoms with van der Waals surface area (Å²) in [5.41, 5.74) is 0.995. The van der Waals surface area contributed by atoms with Gasteiger partial charge in [0, 0.05) is 11.7 Å². The maximum absolute atomic E-state index is 13.3. The quantitative estimate of drug-likeness (QED) is 0.569. The Labute approximate surface area is 195 Å². The van der Waals surface area contributed by atoms with Gasteiger partial charge in [0.15, 0.2) is 9.84 Å². The summed E-state index contributed by atoms with van der Waals surface area (Å²) in [5.74, 6) is -0.830. The predicted octanol–water partition coefficient (Wildman–Crippen LogP) is 3.15. The highest BCUT2D eigenvalue weighted by molar-refractivity contribution is 7.94. The summed E-state index contributed by atoms with van der Waals surface area (Å²) in [6.07, 6.45) is 2.11. The molecule has 178 valence electrons. The molecule has 9 heteroatoms. The number of benzene rings is 2. The van der Waals surface area contributed by atoms with Crippen molar-refractivity contribution in [3.63, 3.8) is 0 Å². The van der Waals surface area contributed by atoms with Crippen LogP contribution in [0.3, 0.4) is 0 Å². The smallest absolute Gasteiger partial charge is 0.325 e. The fourth-order valence-corrected chi connectivity index (χ4v) is 6.05. The molecule has 3 rings (SSSR count). The summed E-state index contributed by atoms with van der Waals surface area (Å²) in [6, 6.07) is 14.0. The summed E-state index contributed by atoms with van der Waals surface area (Å²) in [4.78, 5) is 13.3. The van der Waals surface area contributed by atoms with Gasteiger partial charge >= 0.3 is 5.97 Å². The monoisotopic (exact) mass is 491 g/mol. The lowest BCUT2D eigenvalue weighted by atomic mass is 9.88. The maximum Gasteiger partial charge on any atom is 0.325 e. The number of carbonyl (C=O) groups is 1. The summed E-state index contributed by atoms with van der Waals surface area (Å²) >= 11 is 0. The number of rotatable bonds is 8. The third kappa shape index (κ3) is 6.10. The Balaban J connectivity index is 1.91. The minimum absolute atomic E-state index is 0.0249. The molecule has 0 saturated carbocycles. The molecule has 33 heavy (non-hydrogen) atoms. The summed E-state index contributed by atoms with van der Waals surface area (Å²) in [5, 5.41) is 0. The van der Waals surface area contributed by atoms with Crippen LogP contribution in [0.15, 0.2) is 70.5 Å². The second kappa shape index (κ2) is 9.40. The molecule has 1 N–H and O–H groups in total. The van der Waals surface area contributed by atoms with Gasteiger partial charge in [0.25, 0.3) is 0 Å². The van der Waals surface area contributed by atoms with Gasteiger partial charge in [0.1, 0.15) is 12.1 Å². The van der Waals surface area contributed by atoms with E-state index in [1.54, 1.807) is 42.5 Å². The fraction of sp³-hybridized carbons (Fsp3) is 0.375. The SMILES string of the molecule is Cc1ccc(S(=O)(=O)N[C@@H](Cc2ccccc2)C(=O)O[C@@H]2C(S(C)(=O)=O)=CCC2(C)C)cc1. The minimum atomic E-state index is -4.03. The van der Waals surface area contributed by atoms with E-state index in [1.165, 1.54) is 12.1 Å². The van der Waals surface area contributed by atoms with Crippen LogP contribution in [0.2, 0.25) is 0 Å². The van der Waals surface area contributed by atoms with Crippen LogP contribution in [0, 0.1) is 12.3 Å². The van der Waals surface area contributed by atoms with Crippen molar-refractivity contribution in [1.82, 2.24) is 4.72 Å². The first-order valence-corrected chi connectivity index (χ1v) is 13.9. The Morgan fingerprint density at radius 1 is 1.06 bits per heavy atom. The van der Waals surface area contributed by atoms with E-state index in [1.807, 2.05) is 26.8 Å². The van der Waals surface area contributed by atoms with E-state index >= 15 is 0 Å². The van der Waals surface area contributed by atoms with Gasteiger partial charge in [-0.05, 0) is 37.5 Å². The molecule has 0 aromatic heterocycles. The van der Waals surface area contributed by atoms with Crippen LogP contribution in [0.4, 0.5) is 0 Å². The lowest BCUT2D eigenvalue weighted by Gasteiger charge is -2.30. The number of sulfone groups is 1. The number of carbonyl (C=O) groups excluding carboxylic acids is 1. The molecule has 0 amide bonds. The Bertz CT molecular complexity index is 1250. The van der Waals surface area contributed by atoms with Gasteiger partial charge in [-0.2, -0.15) is 4.72 Å². The highest BCUT2D eigenvalue weighted by atomic mass is 32.2. The van der Waals surface area contributed by atoms with Crippen molar-refractivity contribution < 1.29 is 26.4 Å². The zero-order valence-corrected chi connectivity index (χ0v) is 20.7. The highest BCUT2D eigenvalue weighted by Gasteiger charge is 2.44. The first-order valence-electron chi connectivity index (χ1n) is 10.5. The first kappa shape index (κ1) is 25.1. The van der Waals surface area contributed by atoms with E-state index in [0.717, 1.165) is 17.4 Å². The Hall–Kier alpha value is -2.49. The fourth-order valence-electron chi connectivity index (χ4n) is 3.72. The molecule has 1 aliphatic rings. The molecular weight excluding hydrogens is 462 g/mol. The molecule has 2 aromatic rings. The van der Waals surface area contributed by atoms with Crippen LogP contribution >= 0.6 is 0 Å². The third-order valence-corrected chi connectivity index (χ3v) is 8.38. The molecule has 0 fully saturated rings. The standard InChI is InChI=1S/C24H29NO6S2/c1-17-10-12-19(13-11-17)33(29,30)25-20(16-18-8-6-5-7-9-18)23(26)31-22-21(32(4,27)28)14-15-24(22,2)3/h5-14,20,22,25H,15-16H2,1-4H3/t20-,22+/m0/s1. The zero-order valence-electron chi connectivity index (χ0n) is 19.1. The van der Waals surface area contributed by atoms with Gasteiger partial charge < -0.3 is 4.74 Å². The van der Waals surface area contributed by atoms with E-state index in [9.17, 15) is 21.6 Å². The van der Waals surface area contributed by atoms with E-state index in [4.69, 9.17) is 4.74 Å². The average Bonchev–Trinajstić information content (AvgIpc) is 3.03. The summed E-state index contributed by atoms with van der Waals surface area (Å²) in [7, 11) is -7.62. The summed E-state index contributed by atoms with van der Waals surface area (Å²) in [6.45, 7) is 5.46. The molecule has 2 atom stereocenters. The van der Waals surface area contributed by atoms with Crippen LogP contribution in [0.5, 0.6) is 0 Å². The van der Waals surface area contributed by atoms with E-state index < -0.39 is 43.4 Å². The van der Waals surface area contributed by atoms with Gasteiger partial charge in [0.05, 0.1) is 9.80 Å². The minimum Gasteiger partial charge on any atom is -0.455 e. The van der Waals surface area contributed by atoms with Crippen LogP contribution in [-0.2, 0) is 35.8 Å². The number of hydrogen-bond acceptors (Lipinski definition) is 6. The number of esters is 1. The molecular formula is C24H29NO6S2. The number of hydrogen-bond donors (Lipinski definition) is 1. The number of ether oxygens (including phenoxy) is 1. The second-order valence-corrected chi connectivity index (χ2v) is 12.8. The lowest BCUT2D eigenvalue weighted by molar-refractivity contribution is -0.153. The zero-order chi connectivity index (χ0) is 24.4. The largest absolute Gasteiger partial charge is 0.455 e. The van der Waals surface area contributed by atoms with Crippen molar-refractivity contribution in [2.45, 2.75) is 50.7 Å². The van der Waals surface area contributed by atoms with E-state index in [0.29, 0.717) is 6.42 Å². The van der Waals surface area contributed by atoms with Crippen LogP contribution in [0.25, 0.3) is 0 Å². The van der Waals surface area contributed by atoms with Crippen molar-refractivity contribution in [3.8, 4) is 0 Å². The summed E-state index contributed by atoms with van der Waals surface area (Å²) < 4.78 is 58.7. The Morgan fingerprint density at radius 3 is 2.24 bits per heavy atom. The van der Waals surface area contributed by atoms with Gasteiger partial charge in [-0.1, -0.05) is 68.0 Å². The first-order chi connectivity index (χ1) is 15.3. The number of nitrogens with one attached hydrogen (secondary N) is 1. The molecule has 0 bridgehead atoms. The maximum atomic E-state index is 13.3.